The van der Waals surface area contributed by atoms with Crippen LogP contribution in [0.25, 0.3) is 0 Å². The zero-order chi connectivity index (χ0) is 21.8. The number of amides is 1. The van der Waals surface area contributed by atoms with Gasteiger partial charge in [-0.05, 0) is 55.2 Å². The monoisotopic (exact) mass is 437 g/mol. The van der Waals surface area contributed by atoms with E-state index < -0.39 is 27.8 Å². The number of carbonyl (C=O) groups is 2. The first-order valence-electron chi connectivity index (χ1n) is 9.14. The van der Waals surface area contributed by atoms with Crippen molar-refractivity contribution in [1.82, 2.24) is 0 Å². The van der Waals surface area contributed by atoms with Crippen LogP contribution in [0.2, 0.25) is 5.02 Å². The number of esters is 1. The molecule has 2 atom stereocenters. The lowest BCUT2D eigenvalue weighted by Crippen LogP contribution is -2.30. The fourth-order valence-corrected chi connectivity index (χ4v) is 3.39. The van der Waals surface area contributed by atoms with Gasteiger partial charge >= 0.3 is 5.97 Å². The van der Waals surface area contributed by atoms with Gasteiger partial charge in [0, 0.05) is 11.9 Å². The van der Waals surface area contributed by atoms with E-state index in [4.69, 9.17) is 16.3 Å². The van der Waals surface area contributed by atoms with E-state index in [0.717, 1.165) is 18.7 Å². The summed E-state index contributed by atoms with van der Waals surface area (Å²) < 4.78 is 28.5. The molecule has 0 fully saturated rings. The summed E-state index contributed by atoms with van der Waals surface area (Å²) in [4.78, 5) is 24.7. The maximum absolute atomic E-state index is 12.4. The Labute approximate surface area is 176 Å². The Morgan fingerprint density at radius 1 is 1.10 bits per heavy atom. The molecule has 6 nitrogen and oxygen atoms in total. The van der Waals surface area contributed by atoms with E-state index in [-0.39, 0.29) is 15.5 Å². The van der Waals surface area contributed by atoms with Crippen molar-refractivity contribution >= 4 is 39.0 Å². The molecule has 2 aromatic rings. The third kappa shape index (κ3) is 6.05. The summed E-state index contributed by atoms with van der Waals surface area (Å²) >= 11 is 5.99. The van der Waals surface area contributed by atoms with Crippen LogP contribution in [-0.2, 0) is 19.4 Å². The molecule has 0 aliphatic heterocycles. The second-order valence-electron chi connectivity index (χ2n) is 6.88. The van der Waals surface area contributed by atoms with Crippen molar-refractivity contribution in [3.05, 3.63) is 58.6 Å². The number of sulfone groups is 1. The molecule has 0 aliphatic carbocycles. The van der Waals surface area contributed by atoms with Gasteiger partial charge in [-0.1, -0.05) is 37.6 Å². The molecular weight excluding hydrogens is 414 g/mol. The largest absolute Gasteiger partial charge is 0.449 e. The molecule has 1 amide bonds. The summed E-state index contributed by atoms with van der Waals surface area (Å²) in [7, 11) is -3.52. The van der Waals surface area contributed by atoms with Crippen LogP contribution in [0, 0.1) is 0 Å². The van der Waals surface area contributed by atoms with Gasteiger partial charge in [0.1, 0.15) is 0 Å². The first-order valence-corrected chi connectivity index (χ1v) is 11.4. The van der Waals surface area contributed by atoms with Crippen LogP contribution in [0.3, 0.4) is 0 Å². The lowest BCUT2D eigenvalue weighted by atomic mass is 9.99. The normalized spacial score (nSPS) is 13.4. The number of benzene rings is 2. The highest BCUT2D eigenvalue weighted by Crippen LogP contribution is 2.23. The standard InChI is InChI=1S/C21H24ClNO5S/c1-5-13(2)15-6-8-16(9-7-15)23-20(24)14(3)28-21(25)18-12-17(29(4,26)27)10-11-19(18)22/h6-14H,5H2,1-4H3,(H,23,24)/t13-,14-/m1/s1. The number of rotatable bonds is 7. The zero-order valence-electron chi connectivity index (χ0n) is 16.7. The maximum atomic E-state index is 12.4. The Morgan fingerprint density at radius 2 is 1.72 bits per heavy atom. The molecule has 1 N–H and O–H groups in total. The van der Waals surface area contributed by atoms with Crippen molar-refractivity contribution < 1.29 is 22.7 Å². The number of halogens is 1. The predicted octanol–water partition coefficient (Wildman–Crippen LogP) is 4.44. The van der Waals surface area contributed by atoms with Crippen LogP contribution in [0.15, 0.2) is 47.4 Å². The van der Waals surface area contributed by atoms with Crippen LogP contribution in [0.4, 0.5) is 5.69 Å². The highest BCUT2D eigenvalue weighted by molar-refractivity contribution is 7.90. The molecule has 0 saturated carbocycles. The summed E-state index contributed by atoms with van der Waals surface area (Å²) in [6, 6.07) is 11.2. The van der Waals surface area contributed by atoms with E-state index in [1.54, 1.807) is 12.1 Å². The molecule has 2 rings (SSSR count). The van der Waals surface area contributed by atoms with Crippen LogP contribution >= 0.6 is 11.6 Å². The van der Waals surface area contributed by atoms with E-state index in [1.165, 1.54) is 24.6 Å². The minimum Gasteiger partial charge on any atom is -0.449 e. The minimum absolute atomic E-state index is 0.0376. The van der Waals surface area contributed by atoms with Crippen LogP contribution in [-0.4, -0.2) is 32.7 Å². The van der Waals surface area contributed by atoms with Crippen LogP contribution in [0.5, 0.6) is 0 Å². The number of hydrogen-bond acceptors (Lipinski definition) is 5. The van der Waals surface area contributed by atoms with E-state index in [0.29, 0.717) is 11.6 Å². The quantitative estimate of drug-likeness (QED) is 0.646. The Bertz CT molecular complexity index is 1000. The summed E-state index contributed by atoms with van der Waals surface area (Å²) in [6.07, 6.45) is 0.935. The van der Waals surface area contributed by atoms with Crippen molar-refractivity contribution in [2.75, 3.05) is 11.6 Å². The Hall–Kier alpha value is -2.38. The summed E-state index contributed by atoms with van der Waals surface area (Å²) in [6.45, 7) is 5.66. The number of anilines is 1. The molecule has 0 unspecified atom stereocenters. The van der Waals surface area contributed by atoms with Gasteiger partial charge in [-0.25, -0.2) is 13.2 Å². The molecule has 0 radical (unpaired) electrons. The summed E-state index contributed by atoms with van der Waals surface area (Å²) in [5, 5.41) is 2.73. The van der Waals surface area contributed by atoms with E-state index in [9.17, 15) is 18.0 Å². The van der Waals surface area contributed by atoms with E-state index in [2.05, 4.69) is 19.2 Å². The molecule has 156 valence electrons. The topological polar surface area (TPSA) is 89.5 Å². The first-order chi connectivity index (χ1) is 13.5. The third-order valence-electron chi connectivity index (χ3n) is 4.60. The number of nitrogens with one attached hydrogen (secondary N) is 1. The van der Waals surface area contributed by atoms with Crippen LogP contribution in [0.1, 0.15) is 49.0 Å². The lowest BCUT2D eigenvalue weighted by Gasteiger charge is -2.15. The minimum atomic E-state index is -3.52. The summed E-state index contributed by atoms with van der Waals surface area (Å²) in [5.74, 6) is -0.965. The highest BCUT2D eigenvalue weighted by Gasteiger charge is 2.22. The second-order valence-corrected chi connectivity index (χ2v) is 9.30. The highest BCUT2D eigenvalue weighted by atomic mass is 35.5. The van der Waals surface area contributed by atoms with Gasteiger partial charge in [-0.3, -0.25) is 4.79 Å². The van der Waals surface area contributed by atoms with Crippen molar-refractivity contribution in [2.24, 2.45) is 0 Å². The lowest BCUT2D eigenvalue weighted by molar-refractivity contribution is -0.123. The smallest absolute Gasteiger partial charge is 0.340 e. The fraction of sp³-hybridized carbons (Fsp3) is 0.333. The Morgan fingerprint density at radius 3 is 2.28 bits per heavy atom. The number of ether oxygens (including phenoxy) is 1. The van der Waals surface area contributed by atoms with Crippen molar-refractivity contribution in [2.45, 2.75) is 44.1 Å². The molecule has 0 aromatic heterocycles. The van der Waals surface area contributed by atoms with Gasteiger partial charge in [-0.2, -0.15) is 0 Å². The SMILES string of the molecule is CC[C@@H](C)c1ccc(NC(=O)[C@@H](C)OC(=O)c2cc(S(C)(=O)=O)ccc2Cl)cc1. The second kappa shape index (κ2) is 9.41. The number of carbonyl (C=O) groups excluding carboxylic acids is 2. The zero-order valence-corrected chi connectivity index (χ0v) is 18.3. The fourth-order valence-electron chi connectivity index (χ4n) is 2.54. The molecule has 0 saturated heterocycles. The van der Waals surface area contributed by atoms with E-state index in [1.807, 2.05) is 12.1 Å². The first kappa shape index (κ1) is 22.9. The average molecular weight is 438 g/mol. The molecule has 0 bridgehead atoms. The van der Waals surface area contributed by atoms with Gasteiger partial charge in [0.05, 0.1) is 15.5 Å². The predicted molar refractivity (Wildman–Crippen MR) is 113 cm³/mol. The molecule has 0 spiro atoms. The summed E-state index contributed by atoms with van der Waals surface area (Å²) in [5.41, 5.74) is 1.64. The van der Waals surface area contributed by atoms with Gasteiger partial charge in [0.25, 0.3) is 5.91 Å². The molecule has 8 heteroatoms. The third-order valence-corrected chi connectivity index (χ3v) is 6.04. The van der Waals surface area contributed by atoms with Crippen LogP contribution < -0.4 is 5.32 Å². The average Bonchev–Trinajstić information content (AvgIpc) is 2.67. The van der Waals surface area contributed by atoms with Gasteiger partial charge in [0.15, 0.2) is 15.9 Å². The Kier molecular flexibility index (Phi) is 7.43. The molecular formula is C21H24ClNO5S. The Balaban J connectivity index is 2.07. The molecule has 0 aliphatic rings. The van der Waals surface area contributed by atoms with E-state index >= 15 is 0 Å². The number of hydrogen-bond donors (Lipinski definition) is 1. The molecule has 2 aromatic carbocycles. The van der Waals surface area contributed by atoms with Crippen molar-refractivity contribution in [3.8, 4) is 0 Å². The maximum Gasteiger partial charge on any atom is 0.340 e. The molecule has 0 heterocycles. The van der Waals surface area contributed by atoms with Gasteiger partial charge in [0.2, 0.25) is 0 Å². The molecule has 29 heavy (non-hydrogen) atoms. The van der Waals surface area contributed by atoms with Gasteiger partial charge in [-0.15, -0.1) is 0 Å². The van der Waals surface area contributed by atoms with Crippen molar-refractivity contribution in [1.29, 1.82) is 0 Å². The van der Waals surface area contributed by atoms with Crippen molar-refractivity contribution in [3.63, 3.8) is 0 Å². The van der Waals surface area contributed by atoms with Gasteiger partial charge < -0.3 is 10.1 Å².